The van der Waals surface area contributed by atoms with Crippen LogP contribution in [0, 0.1) is 0 Å². The Bertz CT molecular complexity index is 285. The zero-order valence-corrected chi connectivity index (χ0v) is 10.7. The van der Waals surface area contributed by atoms with Gasteiger partial charge in [-0.2, -0.15) is 0 Å². The first-order valence-corrected chi connectivity index (χ1v) is 6.27. The van der Waals surface area contributed by atoms with Gasteiger partial charge in [0.15, 0.2) is 0 Å². The number of nitrogens with one attached hydrogen (secondary N) is 2. The topological polar surface area (TPSA) is 84.2 Å². The molecule has 1 atom stereocenters. The Labute approximate surface area is 103 Å². The number of amides is 2. The lowest BCUT2D eigenvalue weighted by Crippen LogP contribution is -2.50. The maximum atomic E-state index is 11.8. The molecule has 0 spiro atoms. The molecule has 0 aromatic heterocycles. The van der Waals surface area contributed by atoms with Crippen LogP contribution >= 0.6 is 0 Å². The van der Waals surface area contributed by atoms with E-state index < -0.39 is 11.9 Å². The predicted molar refractivity (Wildman–Crippen MR) is 66.3 cm³/mol. The summed E-state index contributed by atoms with van der Waals surface area (Å²) >= 11 is 0. The Morgan fingerprint density at radius 2 is 1.88 bits per heavy atom. The minimum Gasteiger partial charge on any atom is -0.368 e. The summed E-state index contributed by atoms with van der Waals surface area (Å²) in [7, 11) is 1.90. The molecule has 0 aromatic carbocycles. The van der Waals surface area contributed by atoms with Crippen molar-refractivity contribution in [2.24, 2.45) is 5.73 Å². The zero-order valence-electron chi connectivity index (χ0n) is 10.7. The molecule has 0 heterocycles. The van der Waals surface area contributed by atoms with Crippen molar-refractivity contribution in [3.63, 3.8) is 0 Å². The van der Waals surface area contributed by atoms with Crippen molar-refractivity contribution in [1.29, 1.82) is 0 Å². The van der Waals surface area contributed by atoms with Crippen LogP contribution in [0.2, 0.25) is 0 Å². The lowest BCUT2D eigenvalue weighted by molar-refractivity contribution is -0.128. The second-order valence-electron chi connectivity index (χ2n) is 4.96. The molecule has 4 N–H and O–H groups in total. The van der Waals surface area contributed by atoms with E-state index in [-0.39, 0.29) is 11.4 Å². The van der Waals surface area contributed by atoms with Crippen LogP contribution in [0.1, 0.15) is 45.4 Å². The number of hydrogen-bond acceptors (Lipinski definition) is 3. The van der Waals surface area contributed by atoms with E-state index in [1.54, 1.807) is 6.92 Å². The number of nitrogens with two attached hydrogens (primary N) is 1. The number of carbonyl (C=O) groups is 2. The third-order valence-corrected chi connectivity index (χ3v) is 3.64. The van der Waals surface area contributed by atoms with Gasteiger partial charge < -0.3 is 16.4 Å². The first kappa shape index (κ1) is 14.0. The molecule has 1 saturated carbocycles. The molecule has 0 radical (unpaired) electrons. The van der Waals surface area contributed by atoms with Gasteiger partial charge in [-0.05, 0) is 26.8 Å². The van der Waals surface area contributed by atoms with Gasteiger partial charge in [0.2, 0.25) is 11.8 Å². The van der Waals surface area contributed by atoms with Crippen molar-refractivity contribution in [2.75, 3.05) is 7.05 Å². The number of carbonyl (C=O) groups excluding carboxylic acids is 2. The molecule has 1 unspecified atom stereocenters. The van der Waals surface area contributed by atoms with E-state index >= 15 is 0 Å². The maximum absolute atomic E-state index is 11.8. The Morgan fingerprint density at radius 1 is 1.29 bits per heavy atom. The molecule has 17 heavy (non-hydrogen) atoms. The third-order valence-electron chi connectivity index (χ3n) is 3.64. The second-order valence-corrected chi connectivity index (χ2v) is 4.96. The summed E-state index contributed by atoms with van der Waals surface area (Å²) in [4.78, 5) is 22.7. The van der Waals surface area contributed by atoms with E-state index in [1.807, 2.05) is 7.05 Å². The second kappa shape index (κ2) is 6.00. The molecule has 1 fully saturated rings. The standard InChI is InChI=1S/C12H23N3O2/c1-9(11(13)17)15-10(16)8-12(14-2)6-4-3-5-7-12/h9,14H,3-8H2,1-2H3,(H2,13,17)(H,15,16). The molecular weight excluding hydrogens is 218 g/mol. The Kier molecular flexibility index (Phi) is 4.93. The van der Waals surface area contributed by atoms with Gasteiger partial charge in [0.25, 0.3) is 0 Å². The summed E-state index contributed by atoms with van der Waals surface area (Å²) in [5, 5.41) is 5.91. The van der Waals surface area contributed by atoms with E-state index in [1.165, 1.54) is 6.42 Å². The smallest absolute Gasteiger partial charge is 0.239 e. The van der Waals surface area contributed by atoms with Gasteiger partial charge >= 0.3 is 0 Å². The summed E-state index contributed by atoms with van der Waals surface area (Å²) in [5.74, 6) is -0.604. The highest BCUT2D eigenvalue weighted by molar-refractivity contribution is 5.86. The minimum absolute atomic E-state index is 0.0975. The Balaban J connectivity index is 2.50. The van der Waals surface area contributed by atoms with Crippen LogP contribution in [0.5, 0.6) is 0 Å². The molecule has 1 rings (SSSR count). The molecule has 0 saturated heterocycles. The molecular formula is C12H23N3O2. The Morgan fingerprint density at radius 3 is 2.35 bits per heavy atom. The van der Waals surface area contributed by atoms with E-state index in [9.17, 15) is 9.59 Å². The monoisotopic (exact) mass is 241 g/mol. The van der Waals surface area contributed by atoms with E-state index in [4.69, 9.17) is 5.73 Å². The molecule has 0 bridgehead atoms. The highest BCUT2D eigenvalue weighted by Gasteiger charge is 2.33. The fourth-order valence-electron chi connectivity index (χ4n) is 2.41. The van der Waals surface area contributed by atoms with Gasteiger partial charge in [-0.3, -0.25) is 9.59 Å². The van der Waals surface area contributed by atoms with Crippen molar-refractivity contribution < 1.29 is 9.59 Å². The largest absolute Gasteiger partial charge is 0.368 e. The van der Waals surface area contributed by atoms with Crippen molar-refractivity contribution in [1.82, 2.24) is 10.6 Å². The van der Waals surface area contributed by atoms with Crippen LogP contribution in [0.3, 0.4) is 0 Å². The van der Waals surface area contributed by atoms with E-state index in [2.05, 4.69) is 10.6 Å². The predicted octanol–water partition coefficient (Wildman–Crippen LogP) is 0.289. The summed E-state index contributed by atoms with van der Waals surface area (Å²) < 4.78 is 0. The summed E-state index contributed by atoms with van der Waals surface area (Å²) in [6.07, 6.45) is 5.99. The van der Waals surface area contributed by atoms with Gasteiger partial charge in [-0.1, -0.05) is 19.3 Å². The van der Waals surface area contributed by atoms with Crippen LogP contribution in [0.15, 0.2) is 0 Å². The highest BCUT2D eigenvalue weighted by Crippen LogP contribution is 2.30. The minimum atomic E-state index is -0.597. The average Bonchev–Trinajstić information content (AvgIpc) is 2.29. The molecule has 5 nitrogen and oxygen atoms in total. The fraction of sp³-hybridized carbons (Fsp3) is 0.833. The Hall–Kier alpha value is -1.10. The van der Waals surface area contributed by atoms with E-state index in [0.717, 1.165) is 25.7 Å². The van der Waals surface area contributed by atoms with Gasteiger partial charge in [-0.15, -0.1) is 0 Å². The van der Waals surface area contributed by atoms with Gasteiger partial charge in [0, 0.05) is 12.0 Å². The fourth-order valence-corrected chi connectivity index (χ4v) is 2.41. The van der Waals surface area contributed by atoms with Gasteiger partial charge in [0.05, 0.1) is 0 Å². The first-order valence-electron chi connectivity index (χ1n) is 6.27. The van der Waals surface area contributed by atoms with Crippen LogP contribution in [0.25, 0.3) is 0 Å². The maximum Gasteiger partial charge on any atom is 0.239 e. The number of rotatable bonds is 5. The van der Waals surface area contributed by atoms with Crippen LogP contribution < -0.4 is 16.4 Å². The molecule has 0 aromatic rings. The van der Waals surface area contributed by atoms with Gasteiger partial charge in [0.1, 0.15) is 6.04 Å². The molecule has 2 amide bonds. The van der Waals surface area contributed by atoms with Crippen molar-refractivity contribution >= 4 is 11.8 Å². The summed E-state index contributed by atoms with van der Waals surface area (Å²) in [6.45, 7) is 1.60. The molecule has 5 heteroatoms. The summed E-state index contributed by atoms with van der Waals surface area (Å²) in [5.41, 5.74) is 5.02. The SMILES string of the molecule is CNC1(CC(=O)NC(C)C(N)=O)CCCCC1. The zero-order chi connectivity index (χ0) is 12.9. The van der Waals surface area contributed by atoms with Crippen molar-refractivity contribution in [2.45, 2.75) is 57.0 Å². The average molecular weight is 241 g/mol. The van der Waals surface area contributed by atoms with E-state index in [0.29, 0.717) is 6.42 Å². The first-order chi connectivity index (χ1) is 7.99. The molecule has 98 valence electrons. The van der Waals surface area contributed by atoms with Crippen molar-refractivity contribution in [3.8, 4) is 0 Å². The van der Waals surface area contributed by atoms with Crippen LogP contribution in [0.4, 0.5) is 0 Å². The molecule has 0 aliphatic heterocycles. The van der Waals surface area contributed by atoms with Gasteiger partial charge in [-0.25, -0.2) is 0 Å². The third kappa shape index (κ3) is 4.00. The number of hydrogen-bond donors (Lipinski definition) is 3. The normalized spacial score (nSPS) is 20.6. The lowest BCUT2D eigenvalue weighted by Gasteiger charge is -2.36. The highest BCUT2D eigenvalue weighted by atomic mass is 16.2. The molecule has 1 aliphatic carbocycles. The summed E-state index contributed by atoms with van der Waals surface area (Å²) in [6, 6.07) is -0.597. The molecule has 1 aliphatic rings. The van der Waals surface area contributed by atoms with Crippen LogP contribution in [-0.4, -0.2) is 30.4 Å². The quantitative estimate of drug-likeness (QED) is 0.647. The van der Waals surface area contributed by atoms with Crippen molar-refractivity contribution in [3.05, 3.63) is 0 Å². The lowest BCUT2D eigenvalue weighted by atomic mass is 9.79. The van der Waals surface area contributed by atoms with Crippen LogP contribution in [-0.2, 0) is 9.59 Å². The number of primary amides is 1.